The second-order valence-corrected chi connectivity index (χ2v) is 6.58. The van der Waals surface area contributed by atoms with E-state index in [0.717, 1.165) is 35.9 Å². The summed E-state index contributed by atoms with van der Waals surface area (Å²) >= 11 is 13.6. The third kappa shape index (κ3) is 3.57. The molecule has 0 unspecified atom stereocenters. The zero-order valence-corrected chi connectivity index (χ0v) is 12.7. The summed E-state index contributed by atoms with van der Waals surface area (Å²) in [6.45, 7) is 1.74. The molecular formula is C13H15Cl2N3S. The van der Waals surface area contributed by atoms with Gasteiger partial charge >= 0.3 is 0 Å². The van der Waals surface area contributed by atoms with Crippen LogP contribution in [-0.2, 0) is 5.75 Å². The summed E-state index contributed by atoms with van der Waals surface area (Å²) in [5.41, 5.74) is 1.16. The standard InChI is InChI=1S/C13H15Cl2N3S/c14-11-4-1-9(5-12(11)15)6-19-13-16-7-18(8-17-13)10-2-3-10/h1,4-5,10H,2-3,6-8H2,(H,16,17). The van der Waals surface area contributed by atoms with Gasteiger partial charge < -0.3 is 5.32 Å². The van der Waals surface area contributed by atoms with Crippen molar-refractivity contribution >= 4 is 40.1 Å². The van der Waals surface area contributed by atoms with Crippen molar-refractivity contribution in [1.82, 2.24) is 10.2 Å². The molecule has 1 fully saturated rings. The van der Waals surface area contributed by atoms with Gasteiger partial charge in [-0.05, 0) is 30.5 Å². The van der Waals surface area contributed by atoms with Crippen LogP contribution in [0.25, 0.3) is 0 Å². The Balaban J connectivity index is 1.53. The molecule has 1 aliphatic heterocycles. The Morgan fingerprint density at radius 3 is 2.79 bits per heavy atom. The minimum Gasteiger partial charge on any atom is -0.352 e. The van der Waals surface area contributed by atoms with Gasteiger partial charge in [0.15, 0.2) is 5.17 Å². The molecule has 0 radical (unpaired) electrons. The van der Waals surface area contributed by atoms with Gasteiger partial charge in [-0.25, -0.2) is 4.99 Å². The van der Waals surface area contributed by atoms with Crippen LogP contribution in [0.1, 0.15) is 18.4 Å². The van der Waals surface area contributed by atoms with Crippen LogP contribution in [0.2, 0.25) is 10.0 Å². The summed E-state index contributed by atoms with van der Waals surface area (Å²) in [5, 5.41) is 5.59. The van der Waals surface area contributed by atoms with E-state index in [2.05, 4.69) is 15.2 Å². The quantitative estimate of drug-likeness (QED) is 0.924. The SMILES string of the molecule is Clc1ccc(CSC2=NCN(C3CC3)CN2)cc1Cl. The molecule has 2 aliphatic rings. The maximum atomic E-state index is 6.00. The molecule has 0 spiro atoms. The third-order valence-corrected chi connectivity index (χ3v) is 5.02. The Labute approximate surface area is 127 Å². The highest BCUT2D eigenvalue weighted by Crippen LogP contribution is 2.28. The van der Waals surface area contributed by atoms with E-state index in [1.807, 2.05) is 18.2 Å². The van der Waals surface area contributed by atoms with Gasteiger partial charge in [-0.2, -0.15) is 0 Å². The maximum absolute atomic E-state index is 6.00. The first kappa shape index (κ1) is 13.6. The number of nitrogens with zero attached hydrogens (tertiary/aromatic N) is 2. The van der Waals surface area contributed by atoms with E-state index in [4.69, 9.17) is 23.2 Å². The Bertz CT molecular complexity index is 503. The van der Waals surface area contributed by atoms with Crippen molar-refractivity contribution < 1.29 is 0 Å². The van der Waals surface area contributed by atoms with Crippen LogP contribution in [0.3, 0.4) is 0 Å². The Morgan fingerprint density at radius 2 is 2.16 bits per heavy atom. The van der Waals surface area contributed by atoms with E-state index in [1.165, 1.54) is 12.8 Å². The molecule has 19 heavy (non-hydrogen) atoms. The zero-order valence-electron chi connectivity index (χ0n) is 10.4. The van der Waals surface area contributed by atoms with Crippen molar-refractivity contribution in [2.75, 3.05) is 13.3 Å². The number of halogens is 2. The monoisotopic (exact) mass is 315 g/mol. The van der Waals surface area contributed by atoms with Crippen LogP contribution >= 0.6 is 35.0 Å². The molecular weight excluding hydrogens is 301 g/mol. The minimum absolute atomic E-state index is 0.601. The number of amidine groups is 1. The molecule has 102 valence electrons. The summed E-state index contributed by atoms with van der Waals surface area (Å²) in [5.74, 6) is 0.853. The molecule has 6 heteroatoms. The summed E-state index contributed by atoms with van der Waals surface area (Å²) < 4.78 is 0. The average Bonchev–Trinajstić information content (AvgIpc) is 3.25. The normalized spacial score (nSPS) is 20.0. The lowest BCUT2D eigenvalue weighted by Gasteiger charge is -2.26. The molecule has 3 nitrogen and oxygen atoms in total. The van der Waals surface area contributed by atoms with Crippen LogP contribution in [0, 0.1) is 0 Å². The maximum Gasteiger partial charge on any atom is 0.159 e. The first-order chi connectivity index (χ1) is 9.22. The number of nitrogens with one attached hydrogen (secondary N) is 1. The van der Waals surface area contributed by atoms with Crippen molar-refractivity contribution in [1.29, 1.82) is 0 Å². The van der Waals surface area contributed by atoms with Gasteiger partial charge in [-0.3, -0.25) is 4.90 Å². The van der Waals surface area contributed by atoms with Crippen LogP contribution < -0.4 is 5.32 Å². The highest BCUT2D eigenvalue weighted by atomic mass is 35.5. The number of thioether (sulfide) groups is 1. The fourth-order valence-corrected chi connectivity index (χ4v) is 3.11. The van der Waals surface area contributed by atoms with Crippen molar-refractivity contribution in [2.24, 2.45) is 4.99 Å². The lowest BCUT2D eigenvalue weighted by atomic mass is 10.2. The smallest absolute Gasteiger partial charge is 0.159 e. The van der Waals surface area contributed by atoms with Crippen molar-refractivity contribution in [2.45, 2.75) is 24.6 Å². The largest absolute Gasteiger partial charge is 0.352 e. The van der Waals surface area contributed by atoms with Crippen LogP contribution in [-0.4, -0.2) is 29.4 Å². The average molecular weight is 316 g/mol. The van der Waals surface area contributed by atoms with Gasteiger partial charge in [-0.15, -0.1) is 0 Å². The molecule has 3 rings (SSSR count). The predicted molar refractivity (Wildman–Crippen MR) is 82.9 cm³/mol. The number of benzene rings is 1. The number of aliphatic imine (C=N–C) groups is 1. The van der Waals surface area contributed by atoms with E-state index >= 15 is 0 Å². The molecule has 0 aromatic heterocycles. The molecule has 0 bridgehead atoms. The van der Waals surface area contributed by atoms with Crippen molar-refractivity contribution in [3.63, 3.8) is 0 Å². The van der Waals surface area contributed by atoms with Gasteiger partial charge in [0.25, 0.3) is 0 Å². The van der Waals surface area contributed by atoms with Gasteiger partial charge in [0.05, 0.1) is 23.4 Å². The molecule has 1 N–H and O–H groups in total. The van der Waals surface area contributed by atoms with Gasteiger partial charge in [-0.1, -0.05) is 41.0 Å². The van der Waals surface area contributed by atoms with Crippen molar-refractivity contribution in [3.8, 4) is 0 Å². The second-order valence-electron chi connectivity index (χ2n) is 4.80. The topological polar surface area (TPSA) is 27.6 Å². The second kappa shape index (κ2) is 5.92. The molecule has 1 saturated carbocycles. The van der Waals surface area contributed by atoms with Crippen LogP contribution in [0.15, 0.2) is 23.2 Å². The molecule has 1 aromatic rings. The Morgan fingerprint density at radius 1 is 1.32 bits per heavy atom. The molecule has 1 heterocycles. The number of hydrogen-bond acceptors (Lipinski definition) is 4. The van der Waals surface area contributed by atoms with E-state index in [9.17, 15) is 0 Å². The first-order valence-corrected chi connectivity index (χ1v) is 8.05. The lowest BCUT2D eigenvalue weighted by Crippen LogP contribution is -2.42. The van der Waals surface area contributed by atoms with Crippen LogP contribution in [0.4, 0.5) is 0 Å². The highest BCUT2D eigenvalue weighted by molar-refractivity contribution is 8.13. The summed E-state index contributed by atoms with van der Waals surface area (Å²) in [6, 6.07) is 6.51. The summed E-state index contributed by atoms with van der Waals surface area (Å²) in [7, 11) is 0. The van der Waals surface area contributed by atoms with E-state index in [1.54, 1.807) is 11.8 Å². The van der Waals surface area contributed by atoms with Crippen LogP contribution in [0.5, 0.6) is 0 Å². The lowest BCUT2D eigenvalue weighted by molar-refractivity contribution is 0.256. The summed E-state index contributed by atoms with van der Waals surface area (Å²) in [4.78, 5) is 6.94. The number of hydrogen-bond donors (Lipinski definition) is 1. The zero-order chi connectivity index (χ0) is 13.2. The molecule has 1 aliphatic carbocycles. The highest BCUT2D eigenvalue weighted by Gasteiger charge is 2.30. The summed E-state index contributed by atoms with van der Waals surface area (Å²) in [6.07, 6.45) is 2.64. The third-order valence-electron chi connectivity index (χ3n) is 3.25. The van der Waals surface area contributed by atoms with Gasteiger partial charge in [0.2, 0.25) is 0 Å². The fraction of sp³-hybridized carbons (Fsp3) is 0.462. The minimum atomic E-state index is 0.601. The Hall–Kier alpha value is -0.420. The van der Waals surface area contributed by atoms with Gasteiger partial charge in [0, 0.05) is 11.8 Å². The first-order valence-electron chi connectivity index (χ1n) is 6.31. The van der Waals surface area contributed by atoms with Crippen molar-refractivity contribution in [3.05, 3.63) is 33.8 Å². The Kier molecular flexibility index (Phi) is 4.22. The van der Waals surface area contributed by atoms with E-state index < -0.39 is 0 Å². The van der Waals surface area contributed by atoms with E-state index in [-0.39, 0.29) is 0 Å². The molecule has 0 saturated heterocycles. The predicted octanol–water partition coefficient (Wildman–Crippen LogP) is 3.57. The fourth-order valence-electron chi connectivity index (χ4n) is 1.99. The molecule has 1 aromatic carbocycles. The number of rotatable bonds is 3. The molecule has 0 amide bonds. The van der Waals surface area contributed by atoms with E-state index in [0.29, 0.717) is 10.0 Å². The van der Waals surface area contributed by atoms with Gasteiger partial charge in [0.1, 0.15) is 0 Å². The molecule has 0 atom stereocenters.